The van der Waals surface area contributed by atoms with Gasteiger partial charge < -0.3 is 24.0 Å². The molecule has 0 bridgehead atoms. The van der Waals surface area contributed by atoms with Crippen molar-refractivity contribution < 1.29 is 19.0 Å². The second kappa shape index (κ2) is 9.60. The first kappa shape index (κ1) is 21.5. The highest BCUT2D eigenvalue weighted by molar-refractivity contribution is 5.91. The number of nitrogens with zero attached hydrogens (tertiary/aromatic N) is 3. The van der Waals surface area contributed by atoms with E-state index >= 15 is 0 Å². The summed E-state index contributed by atoms with van der Waals surface area (Å²) in [4.78, 5) is 21.2. The maximum Gasteiger partial charge on any atom is 0.213 e. The predicted molar refractivity (Wildman–Crippen MR) is 126 cm³/mol. The van der Waals surface area contributed by atoms with Crippen molar-refractivity contribution in [2.24, 2.45) is 0 Å². The van der Waals surface area contributed by atoms with Crippen molar-refractivity contribution in [1.82, 2.24) is 4.98 Å². The van der Waals surface area contributed by atoms with Crippen LogP contribution >= 0.6 is 0 Å². The number of piperazine rings is 1. The highest BCUT2D eigenvalue weighted by atomic mass is 16.5. The zero-order valence-electron chi connectivity index (χ0n) is 18.6. The number of rotatable bonds is 7. The lowest BCUT2D eigenvalue weighted by Crippen LogP contribution is -2.46. The van der Waals surface area contributed by atoms with Gasteiger partial charge in [0.05, 0.1) is 32.7 Å². The first-order valence-corrected chi connectivity index (χ1v) is 10.5. The Labute approximate surface area is 188 Å². The maximum atomic E-state index is 11.8. The zero-order chi connectivity index (χ0) is 22.5. The minimum absolute atomic E-state index is 0.508. The van der Waals surface area contributed by atoms with Gasteiger partial charge in [-0.05, 0) is 48.5 Å². The molecule has 4 rings (SSSR count). The van der Waals surface area contributed by atoms with Crippen LogP contribution in [0.5, 0.6) is 17.4 Å². The third-order valence-corrected chi connectivity index (χ3v) is 5.76. The van der Waals surface area contributed by atoms with E-state index in [0.717, 1.165) is 55.2 Å². The molecule has 7 nitrogen and oxygen atoms in total. The largest absolute Gasteiger partial charge is 0.497 e. The molecule has 0 amide bonds. The van der Waals surface area contributed by atoms with Gasteiger partial charge in [0.25, 0.3) is 0 Å². The van der Waals surface area contributed by atoms with Crippen molar-refractivity contribution in [3.8, 4) is 28.6 Å². The van der Waals surface area contributed by atoms with Crippen LogP contribution in [0.25, 0.3) is 11.3 Å². The normalized spacial score (nSPS) is 13.6. The number of aldehydes is 1. The molecule has 0 atom stereocenters. The van der Waals surface area contributed by atoms with Gasteiger partial charge in [0, 0.05) is 49.1 Å². The molecule has 1 aliphatic heterocycles. The zero-order valence-corrected chi connectivity index (χ0v) is 18.6. The highest BCUT2D eigenvalue weighted by Crippen LogP contribution is 2.35. The van der Waals surface area contributed by atoms with Crippen molar-refractivity contribution in [2.45, 2.75) is 0 Å². The Hall–Kier alpha value is -3.74. The summed E-state index contributed by atoms with van der Waals surface area (Å²) in [6, 6.07) is 17.5. The van der Waals surface area contributed by atoms with E-state index in [4.69, 9.17) is 19.2 Å². The number of carbonyl (C=O) groups excluding carboxylic acids is 1. The Balaban J connectivity index is 1.61. The molecule has 2 heterocycles. The molecular formula is C25H27N3O4. The van der Waals surface area contributed by atoms with Crippen LogP contribution in [0.15, 0.2) is 54.6 Å². The van der Waals surface area contributed by atoms with Crippen LogP contribution in [0.3, 0.4) is 0 Å². The number of anilines is 2. The highest BCUT2D eigenvalue weighted by Gasteiger charge is 2.22. The van der Waals surface area contributed by atoms with Crippen LogP contribution in [-0.2, 0) is 0 Å². The molecule has 166 valence electrons. The molecule has 0 N–H and O–H groups in total. The Morgan fingerprint density at radius 1 is 0.781 bits per heavy atom. The van der Waals surface area contributed by atoms with Gasteiger partial charge in [-0.2, -0.15) is 0 Å². The molecule has 0 unspecified atom stereocenters. The molecule has 1 fully saturated rings. The summed E-state index contributed by atoms with van der Waals surface area (Å²) < 4.78 is 15.9. The lowest BCUT2D eigenvalue weighted by Gasteiger charge is -2.38. The molecule has 0 spiro atoms. The quantitative estimate of drug-likeness (QED) is 0.524. The molecule has 1 aromatic heterocycles. The van der Waals surface area contributed by atoms with E-state index in [0.29, 0.717) is 17.2 Å². The van der Waals surface area contributed by atoms with Gasteiger partial charge in [-0.3, -0.25) is 4.79 Å². The van der Waals surface area contributed by atoms with Gasteiger partial charge in [0.2, 0.25) is 5.88 Å². The molecule has 7 heteroatoms. The number of carbonyl (C=O) groups is 1. The minimum atomic E-state index is 0.508. The SMILES string of the molecule is COc1ccc(N2CCN(c3ccc(OC)nc3-c3ccc(OC)cc3C=O)CC2)cc1. The monoisotopic (exact) mass is 433 g/mol. The van der Waals surface area contributed by atoms with Crippen LogP contribution < -0.4 is 24.0 Å². The van der Waals surface area contributed by atoms with Gasteiger partial charge >= 0.3 is 0 Å². The lowest BCUT2D eigenvalue weighted by atomic mass is 10.0. The molecule has 1 aliphatic rings. The Kier molecular flexibility index (Phi) is 6.44. The van der Waals surface area contributed by atoms with E-state index in [1.807, 2.05) is 36.4 Å². The van der Waals surface area contributed by atoms with E-state index in [1.165, 1.54) is 5.69 Å². The van der Waals surface area contributed by atoms with E-state index in [-0.39, 0.29) is 0 Å². The first-order chi connectivity index (χ1) is 15.7. The van der Waals surface area contributed by atoms with Gasteiger partial charge in [-0.25, -0.2) is 4.98 Å². The van der Waals surface area contributed by atoms with Crippen molar-refractivity contribution in [3.63, 3.8) is 0 Å². The second-order valence-electron chi connectivity index (χ2n) is 7.46. The summed E-state index contributed by atoms with van der Waals surface area (Å²) >= 11 is 0. The van der Waals surface area contributed by atoms with Crippen molar-refractivity contribution >= 4 is 17.7 Å². The number of ether oxygens (including phenoxy) is 3. The fraction of sp³-hybridized carbons (Fsp3) is 0.280. The van der Waals surface area contributed by atoms with Gasteiger partial charge in [-0.1, -0.05) is 0 Å². The fourth-order valence-electron chi connectivity index (χ4n) is 3.98. The fourth-order valence-corrected chi connectivity index (χ4v) is 3.98. The summed E-state index contributed by atoms with van der Waals surface area (Å²) in [5.41, 5.74) is 4.17. The van der Waals surface area contributed by atoms with Crippen molar-refractivity contribution in [1.29, 1.82) is 0 Å². The summed E-state index contributed by atoms with van der Waals surface area (Å²) in [5, 5.41) is 0. The topological polar surface area (TPSA) is 64.1 Å². The summed E-state index contributed by atoms with van der Waals surface area (Å²) in [6.45, 7) is 3.42. The van der Waals surface area contributed by atoms with E-state index < -0.39 is 0 Å². The second-order valence-corrected chi connectivity index (χ2v) is 7.46. The van der Waals surface area contributed by atoms with Crippen LogP contribution in [0.2, 0.25) is 0 Å². The first-order valence-electron chi connectivity index (χ1n) is 10.5. The smallest absolute Gasteiger partial charge is 0.213 e. The average Bonchev–Trinajstić information content (AvgIpc) is 2.88. The number of aromatic nitrogens is 1. The van der Waals surface area contributed by atoms with Crippen molar-refractivity contribution in [2.75, 3.05) is 57.3 Å². The minimum Gasteiger partial charge on any atom is -0.497 e. The number of methoxy groups -OCH3 is 3. The molecule has 0 radical (unpaired) electrons. The van der Waals surface area contributed by atoms with Crippen LogP contribution in [0, 0.1) is 0 Å². The standard InChI is InChI=1S/C25H27N3O4/c1-30-20-6-4-19(5-7-20)27-12-14-28(15-13-27)23-10-11-24(32-3)26-25(23)22-9-8-21(31-2)16-18(22)17-29/h4-11,16-17H,12-15H2,1-3H3. The maximum absolute atomic E-state index is 11.8. The summed E-state index contributed by atoms with van der Waals surface area (Å²) in [6.07, 6.45) is 0.838. The Bertz CT molecular complexity index is 1080. The number of benzene rings is 2. The molecule has 32 heavy (non-hydrogen) atoms. The summed E-state index contributed by atoms with van der Waals surface area (Å²) in [5.74, 6) is 1.99. The number of hydrogen-bond acceptors (Lipinski definition) is 7. The number of hydrogen-bond donors (Lipinski definition) is 0. The third kappa shape index (κ3) is 4.32. The van der Waals surface area contributed by atoms with E-state index in [2.05, 4.69) is 21.9 Å². The van der Waals surface area contributed by atoms with E-state index in [1.54, 1.807) is 27.4 Å². The molecule has 0 aliphatic carbocycles. The van der Waals surface area contributed by atoms with Crippen LogP contribution in [0.1, 0.15) is 10.4 Å². The molecule has 3 aromatic rings. The van der Waals surface area contributed by atoms with Gasteiger partial charge in [0.15, 0.2) is 6.29 Å². The average molecular weight is 434 g/mol. The Morgan fingerprint density at radius 3 is 2.06 bits per heavy atom. The third-order valence-electron chi connectivity index (χ3n) is 5.76. The van der Waals surface area contributed by atoms with Gasteiger partial charge in [0.1, 0.15) is 11.5 Å². The van der Waals surface area contributed by atoms with Crippen LogP contribution in [0.4, 0.5) is 11.4 Å². The number of pyridine rings is 1. The van der Waals surface area contributed by atoms with Gasteiger partial charge in [-0.15, -0.1) is 0 Å². The molecular weight excluding hydrogens is 406 g/mol. The Morgan fingerprint density at radius 2 is 1.44 bits per heavy atom. The molecule has 0 saturated carbocycles. The predicted octanol–water partition coefficient (Wildman–Crippen LogP) is 3.91. The van der Waals surface area contributed by atoms with Crippen LogP contribution in [-0.4, -0.2) is 58.8 Å². The van der Waals surface area contributed by atoms with E-state index in [9.17, 15) is 4.79 Å². The summed E-state index contributed by atoms with van der Waals surface area (Å²) in [7, 11) is 4.85. The molecule has 1 saturated heterocycles. The lowest BCUT2D eigenvalue weighted by molar-refractivity contribution is 0.112. The molecule has 2 aromatic carbocycles. The van der Waals surface area contributed by atoms with Crippen molar-refractivity contribution in [3.05, 3.63) is 60.2 Å².